The number of hydrogen-bond donors (Lipinski definition) is 0. The van der Waals surface area contributed by atoms with Crippen molar-refractivity contribution < 1.29 is 0 Å². The average Bonchev–Trinajstić information content (AvgIpc) is 3.21. The van der Waals surface area contributed by atoms with Crippen LogP contribution in [0.3, 0.4) is 0 Å². The van der Waals surface area contributed by atoms with E-state index < -0.39 is 0 Å². The Bertz CT molecular complexity index is 2790. The molecule has 0 N–H and O–H groups in total. The minimum absolute atomic E-state index is 0.289. The number of benzene rings is 9. The van der Waals surface area contributed by atoms with Crippen LogP contribution in [0.15, 0.2) is 188 Å². The van der Waals surface area contributed by atoms with E-state index in [-0.39, 0.29) is 5.41 Å². The monoisotopic (exact) mass is 663 g/mol. The Kier molecular flexibility index (Phi) is 6.91. The quantitative estimate of drug-likeness (QED) is 0.166. The summed E-state index contributed by atoms with van der Waals surface area (Å²) in [5, 5.41) is 7.62. The molecular weight excluding hydrogens is 627 g/mol. The second-order valence-corrected chi connectivity index (χ2v) is 14.5. The summed E-state index contributed by atoms with van der Waals surface area (Å²) in [6, 6.07) is 69.2. The van der Waals surface area contributed by atoms with Crippen LogP contribution in [0, 0.1) is 0 Å². The summed E-state index contributed by atoms with van der Waals surface area (Å²) in [5.41, 5.74) is 13.4. The first-order valence-electron chi connectivity index (χ1n) is 18.2. The van der Waals surface area contributed by atoms with Crippen molar-refractivity contribution in [3.05, 3.63) is 199 Å². The first-order chi connectivity index (χ1) is 25.6. The van der Waals surface area contributed by atoms with E-state index in [2.05, 4.69) is 207 Å². The van der Waals surface area contributed by atoms with Gasteiger partial charge in [0.1, 0.15) is 0 Å². The van der Waals surface area contributed by atoms with Gasteiger partial charge in [-0.25, -0.2) is 0 Å². The first kappa shape index (κ1) is 30.4. The lowest BCUT2D eigenvalue weighted by Crippen LogP contribution is -2.27. The van der Waals surface area contributed by atoms with Gasteiger partial charge in [-0.2, -0.15) is 0 Å². The molecule has 246 valence electrons. The Morgan fingerprint density at radius 2 is 1.02 bits per heavy atom. The maximum absolute atomic E-state index is 2.53. The van der Waals surface area contributed by atoms with E-state index in [9.17, 15) is 0 Å². The van der Waals surface area contributed by atoms with Crippen molar-refractivity contribution in [3.8, 4) is 33.4 Å². The van der Waals surface area contributed by atoms with Crippen molar-refractivity contribution in [3.63, 3.8) is 0 Å². The van der Waals surface area contributed by atoms with Crippen LogP contribution in [-0.4, -0.2) is 0 Å². The molecular formula is C51H37N. The lowest BCUT2D eigenvalue weighted by Gasteiger charge is -2.40. The van der Waals surface area contributed by atoms with E-state index in [1.165, 1.54) is 88.2 Å². The predicted octanol–water partition coefficient (Wildman–Crippen LogP) is 14.3. The van der Waals surface area contributed by atoms with Crippen molar-refractivity contribution in [2.24, 2.45) is 0 Å². The first-order valence-corrected chi connectivity index (χ1v) is 18.2. The highest BCUT2D eigenvalue weighted by atomic mass is 15.1. The van der Waals surface area contributed by atoms with Gasteiger partial charge in [0, 0.05) is 16.5 Å². The summed E-state index contributed by atoms with van der Waals surface area (Å²) in [7, 11) is 0. The number of hydrogen-bond acceptors (Lipinski definition) is 1. The van der Waals surface area contributed by atoms with Crippen LogP contribution in [0.4, 0.5) is 17.1 Å². The molecule has 10 rings (SSSR count). The Morgan fingerprint density at radius 3 is 1.79 bits per heavy atom. The van der Waals surface area contributed by atoms with E-state index in [0.717, 1.165) is 5.69 Å². The number of fused-ring (bicyclic) bond motifs is 5. The van der Waals surface area contributed by atoms with E-state index in [1.807, 2.05) is 0 Å². The average molecular weight is 664 g/mol. The van der Waals surface area contributed by atoms with Gasteiger partial charge in [-0.3, -0.25) is 0 Å². The Labute approximate surface area is 305 Å². The van der Waals surface area contributed by atoms with Crippen molar-refractivity contribution >= 4 is 49.4 Å². The smallest absolute Gasteiger partial charge is 0.0546 e. The number of anilines is 3. The third kappa shape index (κ3) is 4.63. The molecule has 0 aromatic heterocycles. The van der Waals surface area contributed by atoms with Gasteiger partial charge in [0.05, 0.1) is 11.4 Å². The standard InChI is InChI=1S/C51H37N/c1-51(2)45-25-13-20-37-29-32-41(36-17-7-4-8-18-36)49(48(37)45)44-24-14-26-46(50(44)51)52(39-30-27-35(28-31-39)34-15-5-3-6-16-34)47-33-38-19-9-10-21-40(38)42-22-11-12-23-43(42)47/h3-33H,1-2H3. The second kappa shape index (κ2) is 11.8. The summed E-state index contributed by atoms with van der Waals surface area (Å²) < 4.78 is 0. The van der Waals surface area contributed by atoms with E-state index in [1.54, 1.807) is 0 Å². The fourth-order valence-electron chi connectivity index (χ4n) is 8.83. The molecule has 9 aromatic carbocycles. The largest absolute Gasteiger partial charge is 0.310 e. The Balaban J connectivity index is 1.30. The molecule has 1 heteroatoms. The normalized spacial score (nSPS) is 13.0. The molecule has 52 heavy (non-hydrogen) atoms. The van der Waals surface area contributed by atoms with Crippen molar-refractivity contribution in [1.82, 2.24) is 0 Å². The predicted molar refractivity (Wildman–Crippen MR) is 222 cm³/mol. The summed E-state index contributed by atoms with van der Waals surface area (Å²) in [6.45, 7) is 4.83. The summed E-state index contributed by atoms with van der Waals surface area (Å²) in [6.07, 6.45) is 0. The van der Waals surface area contributed by atoms with E-state index >= 15 is 0 Å². The van der Waals surface area contributed by atoms with Gasteiger partial charge in [0.25, 0.3) is 0 Å². The Morgan fingerprint density at radius 1 is 0.404 bits per heavy atom. The minimum atomic E-state index is -0.289. The second-order valence-electron chi connectivity index (χ2n) is 14.5. The number of nitrogens with zero attached hydrogens (tertiary/aromatic N) is 1. The van der Waals surface area contributed by atoms with Gasteiger partial charge in [-0.05, 0) is 95.7 Å². The van der Waals surface area contributed by atoms with Crippen LogP contribution in [0.1, 0.15) is 25.0 Å². The number of rotatable bonds is 5. The van der Waals surface area contributed by atoms with Gasteiger partial charge >= 0.3 is 0 Å². The van der Waals surface area contributed by atoms with Crippen LogP contribution < -0.4 is 4.90 Å². The highest BCUT2D eigenvalue weighted by Gasteiger charge is 2.38. The summed E-state index contributed by atoms with van der Waals surface area (Å²) in [5.74, 6) is 0. The maximum Gasteiger partial charge on any atom is 0.0546 e. The van der Waals surface area contributed by atoms with Crippen molar-refractivity contribution in [1.29, 1.82) is 0 Å². The molecule has 0 unspecified atom stereocenters. The molecule has 0 saturated carbocycles. The molecule has 0 heterocycles. The zero-order chi connectivity index (χ0) is 34.8. The SMILES string of the molecule is CC1(C)c2c(cccc2N(c2ccc(-c3ccccc3)cc2)c2cc3ccccc3c3ccccc23)-c2c(-c3ccccc3)ccc3cccc1c23. The molecule has 0 fully saturated rings. The molecule has 9 aromatic rings. The molecule has 1 nitrogen and oxygen atoms in total. The van der Waals surface area contributed by atoms with Crippen LogP contribution in [-0.2, 0) is 5.41 Å². The summed E-state index contributed by atoms with van der Waals surface area (Å²) >= 11 is 0. The molecule has 0 bridgehead atoms. The zero-order valence-corrected chi connectivity index (χ0v) is 29.3. The van der Waals surface area contributed by atoms with Gasteiger partial charge in [0.2, 0.25) is 0 Å². The van der Waals surface area contributed by atoms with Crippen LogP contribution in [0.2, 0.25) is 0 Å². The van der Waals surface area contributed by atoms with Crippen molar-refractivity contribution in [2.75, 3.05) is 4.90 Å². The third-order valence-electron chi connectivity index (χ3n) is 11.2. The summed E-state index contributed by atoms with van der Waals surface area (Å²) in [4.78, 5) is 2.53. The molecule has 0 saturated heterocycles. The highest BCUT2D eigenvalue weighted by molar-refractivity contribution is 6.15. The maximum atomic E-state index is 2.53. The molecule has 0 amide bonds. The van der Waals surface area contributed by atoms with Gasteiger partial charge in [0.15, 0.2) is 0 Å². The molecule has 0 spiro atoms. The topological polar surface area (TPSA) is 3.24 Å². The van der Waals surface area contributed by atoms with Crippen LogP contribution >= 0.6 is 0 Å². The fourth-order valence-corrected chi connectivity index (χ4v) is 8.83. The zero-order valence-electron chi connectivity index (χ0n) is 29.3. The fraction of sp³-hybridized carbons (Fsp3) is 0.0588. The van der Waals surface area contributed by atoms with E-state index in [0.29, 0.717) is 0 Å². The van der Waals surface area contributed by atoms with Gasteiger partial charge < -0.3 is 4.90 Å². The van der Waals surface area contributed by atoms with Crippen LogP contribution in [0.25, 0.3) is 65.7 Å². The molecule has 1 aliphatic rings. The molecule has 1 aliphatic carbocycles. The lowest BCUT2D eigenvalue weighted by atomic mass is 9.66. The van der Waals surface area contributed by atoms with Crippen LogP contribution in [0.5, 0.6) is 0 Å². The highest BCUT2D eigenvalue weighted by Crippen LogP contribution is 2.56. The van der Waals surface area contributed by atoms with E-state index in [4.69, 9.17) is 0 Å². The van der Waals surface area contributed by atoms with Gasteiger partial charge in [-0.15, -0.1) is 0 Å². The lowest BCUT2D eigenvalue weighted by molar-refractivity contribution is 0.646. The van der Waals surface area contributed by atoms with Gasteiger partial charge in [-0.1, -0.05) is 178 Å². The molecule has 0 aliphatic heterocycles. The minimum Gasteiger partial charge on any atom is -0.310 e. The van der Waals surface area contributed by atoms with Crippen molar-refractivity contribution in [2.45, 2.75) is 19.3 Å². The Hall–Kier alpha value is -6.44. The third-order valence-corrected chi connectivity index (χ3v) is 11.2. The molecule has 0 atom stereocenters. The molecule has 0 radical (unpaired) electrons.